The highest BCUT2D eigenvalue weighted by Gasteiger charge is 2.36. The van der Waals surface area contributed by atoms with E-state index >= 15 is 0 Å². The second-order valence-electron chi connectivity index (χ2n) is 11.5. The third kappa shape index (κ3) is 6.57. The standard InChI is InChI=1S/C29H39ClN6O4S/c1-18-14-19(15-23(30)25(18)31)16-24(27(37)34-9-4-21(5-10-34)33(2)3)40-29(39)35-11-6-22(7-12-35)36-17-20-8-13-41-26(20)32-28(36)38/h8,13-15,21-22,24H,4-7,9-12,16-17,31H2,1-3H3,(H,32,38)/t24-/m1/s1. The maximum absolute atomic E-state index is 13.7. The van der Waals surface area contributed by atoms with Crippen molar-refractivity contribution in [3.63, 3.8) is 0 Å². The number of nitrogens with zero attached hydrogens (tertiary/aromatic N) is 4. The van der Waals surface area contributed by atoms with E-state index in [1.807, 2.05) is 34.2 Å². The van der Waals surface area contributed by atoms with Crippen molar-refractivity contribution in [1.29, 1.82) is 0 Å². The normalized spacial score (nSPS) is 19.2. The van der Waals surface area contributed by atoms with Gasteiger partial charge in [-0.2, -0.15) is 0 Å². The molecule has 2 saturated heterocycles. The lowest BCUT2D eigenvalue weighted by atomic mass is 10.0. The predicted octanol–water partition coefficient (Wildman–Crippen LogP) is 4.40. The number of nitrogen functional groups attached to an aromatic ring is 1. The maximum atomic E-state index is 13.7. The molecule has 0 spiro atoms. The van der Waals surface area contributed by atoms with Crippen molar-refractivity contribution in [2.75, 3.05) is 51.3 Å². The van der Waals surface area contributed by atoms with Gasteiger partial charge in [0.05, 0.1) is 17.3 Å². The summed E-state index contributed by atoms with van der Waals surface area (Å²) in [6.07, 6.45) is 1.77. The molecule has 3 aliphatic rings. The molecule has 2 fully saturated rings. The highest BCUT2D eigenvalue weighted by Crippen LogP contribution is 2.32. The van der Waals surface area contributed by atoms with E-state index in [1.54, 1.807) is 11.0 Å². The third-order valence-electron chi connectivity index (χ3n) is 8.57. The minimum atomic E-state index is -0.972. The molecule has 4 amide bonds. The largest absolute Gasteiger partial charge is 0.436 e. The first-order valence-electron chi connectivity index (χ1n) is 14.2. The number of halogens is 1. The number of hydrogen-bond acceptors (Lipinski definition) is 7. The highest BCUT2D eigenvalue weighted by molar-refractivity contribution is 7.14. The van der Waals surface area contributed by atoms with Crippen LogP contribution < -0.4 is 11.1 Å². The molecule has 1 aromatic carbocycles. The second kappa shape index (κ2) is 12.5. The number of benzene rings is 1. The molecule has 1 aromatic heterocycles. The summed E-state index contributed by atoms with van der Waals surface area (Å²) < 4.78 is 5.95. The van der Waals surface area contributed by atoms with Crippen LogP contribution >= 0.6 is 22.9 Å². The van der Waals surface area contributed by atoms with Gasteiger partial charge in [-0.3, -0.25) is 10.1 Å². The molecule has 3 N–H and O–H groups in total. The van der Waals surface area contributed by atoms with Gasteiger partial charge in [-0.15, -0.1) is 11.3 Å². The van der Waals surface area contributed by atoms with Crippen LogP contribution in [0.25, 0.3) is 0 Å². The van der Waals surface area contributed by atoms with Crippen LogP contribution in [0.3, 0.4) is 0 Å². The summed E-state index contributed by atoms with van der Waals surface area (Å²) in [4.78, 5) is 47.3. The fraction of sp³-hybridized carbons (Fsp3) is 0.552. The number of nitrogens with two attached hydrogens (primary N) is 1. The molecule has 10 nitrogen and oxygen atoms in total. The number of anilines is 2. The van der Waals surface area contributed by atoms with E-state index in [0.717, 1.165) is 34.5 Å². The van der Waals surface area contributed by atoms with Crippen LogP contribution in [0.5, 0.6) is 0 Å². The topological polar surface area (TPSA) is 111 Å². The van der Waals surface area contributed by atoms with E-state index < -0.39 is 12.2 Å². The summed E-state index contributed by atoms with van der Waals surface area (Å²) in [5.41, 5.74) is 9.26. The number of carbonyl (C=O) groups is 3. The zero-order chi connectivity index (χ0) is 29.3. The number of amides is 4. The molecular weight excluding hydrogens is 564 g/mol. The lowest BCUT2D eigenvalue weighted by Crippen LogP contribution is -2.52. The molecule has 2 aromatic rings. The molecule has 0 aliphatic carbocycles. The average Bonchev–Trinajstić information content (AvgIpc) is 3.42. The zero-order valence-corrected chi connectivity index (χ0v) is 25.5. The number of aryl methyl sites for hydroxylation is 1. The molecule has 41 heavy (non-hydrogen) atoms. The summed E-state index contributed by atoms with van der Waals surface area (Å²) >= 11 is 7.87. The molecular formula is C29H39ClN6O4S. The Bertz CT molecular complexity index is 1260. The van der Waals surface area contributed by atoms with Crippen LogP contribution in [-0.2, 0) is 22.5 Å². The molecule has 1 atom stereocenters. The minimum absolute atomic E-state index is 0.0300. The average molecular weight is 603 g/mol. The number of likely N-dealkylation sites (tertiary alicyclic amines) is 2. The predicted molar refractivity (Wildman–Crippen MR) is 161 cm³/mol. The molecule has 5 rings (SSSR count). The second-order valence-corrected chi connectivity index (χ2v) is 12.8. The number of fused-ring (bicyclic) bond motifs is 1. The van der Waals surface area contributed by atoms with Gasteiger partial charge >= 0.3 is 12.1 Å². The third-order valence-corrected chi connectivity index (χ3v) is 9.76. The Morgan fingerprint density at radius 2 is 1.83 bits per heavy atom. The van der Waals surface area contributed by atoms with Crippen LogP contribution in [0.15, 0.2) is 23.6 Å². The van der Waals surface area contributed by atoms with Crippen LogP contribution in [-0.4, -0.2) is 96.1 Å². The van der Waals surface area contributed by atoms with Gasteiger partial charge in [-0.25, -0.2) is 9.59 Å². The van der Waals surface area contributed by atoms with E-state index in [1.165, 1.54) is 11.3 Å². The minimum Gasteiger partial charge on any atom is -0.436 e. The van der Waals surface area contributed by atoms with Gasteiger partial charge in [0.1, 0.15) is 5.00 Å². The summed E-state index contributed by atoms with van der Waals surface area (Å²) in [7, 11) is 4.11. The van der Waals surface area contributed by atoms with E-state index in [0.29, 0.717) is 62.3 Å². The molecule has 3 aliphatic heterocycles. The first-order valence-corrected chi connectivity index (χ1v) is 15.5. The monoisotopic (exact) mass is 602 g/mol. The molecule has 0 unspecified atom stereocenters. The van der Waals surface area contributed by atoms with Crippen molar-refractivity contribution < 1.29 is 19.1 Å². The SMILES string of the molecule is Cc1cc(C[C@@H](OC(=O)N2CCC(N3Cc4ccsc4NC3=O)CC2)C(=O)N2CCC(N(C)C)CC2)cc(Cl)c1N. The number of piperidine rings is 2. The molecule has 12 heteroatoms. The Morgan fingerprint density at radius 1 is 1.15 bits per heavy atom. The molecule has 0 bridgehead atoms. The summed E-state index contributed by atoms with van der Waals surface area (Å²) in [6.45, 7) is 4.58. The lowest BCUT2D eigenvalue weighted by molar-refractivity contribution is -0.142. The van der Waals surface area contributed by atoms with E-state index in [9.17, 15) is 14.4 Å². The quantitative estimate of drug-likeness (QED) is 0.474. The Kier molecular flexibility index (Phi) is 8.96. The van der Waals surface area contributed by atoms with Crippen LogP contribution in [0.4, 0.5) is 20.3 Å². The van der Waals surface area contributed by atoms with E-state index in [4.69, 9.17) is 22.1 Å². The molecule has 0 saturated carbocycles. The lowest BCUT2D eigenvalue weighted by Gasteiger charge is -2.40. The fourth-order valence-electron chi connectivity index (χ4n) is 5.99. The summed E-state index contributed by atoms with van der Waals surface area (Å²) in [5.74, 6) is -0.187. The Morgan fingerprint density at radius 3 is 2.49 bits per heavy atom. The molecule has 0 radical (unpaired) electrons. The van der Waals surface area contributed by atoms with Crippen LogP contribution in [0.2, 0.25) is 5.02 Å². The number of urea groups is 1. The summed E-state index contributed by atoms with van der Waals surface area (Å²) in [6, 6.07) is 6.03. The van der Waals surface area contributed by atoms with Gasteiger partial charge in [-0.05, 0) is 75.3 Å². The van der Waals surface area contributed by atoms with Crippen LogP contribution in [0, 0.1) is 6.92 Å². The van der Waals surface area contributed by atoms with Gasteiger partial charge < -0.3 is 30.1 Å². The Labute approximate surface area is 250 Å². The fourth-order valence-corrected chi connectivity index (χ4v) is 7.08. The van der Waals surface area contributed by atoms with Crippen molar-refractivity contribution in [2.45, 2.75) is 63.8 Å². The van der Waals surface area contributed by atoms with Gasteiger partial charge in [0, 0.05) is 50.2 Å². The van der Waals surface area contributed by atoms with Gasteiger partial charge in [0.2, 0.25) is 0 Å². The van der Waals surface area contributed by atoms with E-state index in [2.05, 4.69) is 24.3 Å². The Balaban J connectivity index is 1.24. The Hall–Kier alpha value is -3.02. The van der Waals surface area contributed by atoms with Gasteiger partial charge in [-0.1, -0.05) is 17.7 Å². The highest BCUT2D eigenvalue weighted by atomic mass is 35.5. The molecule has 222 valence electrons. The van der Waals surface area contributed by atoms with Crippen molar-refractivity contribution >= 4 is 51.7 Å². The number of hydrogen-bond donors (Lipinski definition) is 2. The van der Waals surface area contributed by atoms with E-state index in [-0.39, 0.29) is 24.4 Å². The number of ether oxygens (including phenoxy) is 1. The smallest absolute Gasteiger partial charge is 0.410 e. The van der Waals surface area contributed by atoms with Crippen molar-refractivity contribution in [1.82, 2.24) is 19.6 Å². The maximum Gasteiger partial charge on any atom is 0.410 e. The van der Waals surface area contributed by atoms with Crippen molar-refractivity contribution in [3.05, 3.63) is 45.3 Å². The number of nitrogens with one attached hydrogen (secondary N) is 1. The number of carbonyl (C=O) groups excluding carboxylic acids is 3. The van der Waals surface area contributed by atoms with Crippen molar-refractivity contribution in [2.24, 2.45) is 0 Å². The van der Waals surface area contributed by atoms with Crippen molar-refractivity contribution in [3.8, 4) is 0 Å². The molecule has 4 heterocycles. The first kappa shape index (κ1) is 29.5. The first-order chi connectivity index (χ1) is 19.6. The van der Waals surface area contributed by atoms with Crippen LogP contribution in [0.1, 0.15) is 42.4 Å². The van der Waals surface area contributed by atoms with Gasteiger partial charge in [0.25, 0.3) is 5.91 Å². The number of rotatable bonds is 6. The number of thiophene rings is 1. The van der Waals surface area contributed by atoms with Gasteiger partial charge in [0.15, 0.2) is 6.10 Å². The zero-order valence-electron chi connectivity index (χ0n) is 23.9. The summed E-state index contributed by atoms with van der Waals surface area (Å²) in [5, 5.41) is 6.28.